The third-order valence-corrected chi connectivity index (χ3v) is 14.4. The number of hydrogen-bond donors (Lipinski definition) is 0. The fourth-order valence-corrected chi connectivity index (χ4v) is 11.1. The molecule has 2 aliphatic rings. The molecule has 0 fully saturated rings. The van der Waals surface area contributed by atoms with Crippen LogP contribution in [0.5, 0.6) is 0 Å². The molecule has 75 heavy (non-hydrogen) atoms. The molecule has 0 unspecified atom stereocenters. The van der Waals surface area contributed by atoms with Crippen LogP contribution in [0.3, 0.4) is 0 Å². The van der Waals surface area contributed by atoms with Crippen molar-refractivity contribution in [1.82, 2.24) is 0 Å². The van der Waals surface area contributed by atoms with Gasteiger partial charge in [0.15, 0.2) is 0 Å². The first kappa shape index (κ1) is 45.4. The summed E-state index contributed by atoms with van der Waals surface area (Å²) in [6.07, 6.45) is 3.29. The molecule has 10 aromatic rings. The van der Waals surface area contributed by atoms with E-state index in [2.05, 4.69) is 240 Å². The highest BCUT2D eigenvalue weighted by atomic mass is 15.1. The lowest BCUT2D eigenvalue weighted by atomic mass is 9.69. The van der Waals surface area contributed by atoms with E-state index in [4.69, 9.17) is 0 Å². The number of benzene rings is 10. The molecule has 6 heteroatoms. The second kappa shape index (κ2) is 19.1. The van der Waals surface area contributed by atoms with Crippen LogP contribution < -0.4 is 9.80 Å². The van der Waals surface area contributed by atoms with E-state index >= 15 is 0 Å². The number of anilines is 6. The Kier molecular flexibility index (Phi) is 11.6. The molecule has 6 nitrogen and oxygen atoms in total. The monoisotopic (exact) mass is 954 g/mol. The van der Waals surface area contributed by atoms with Gasteiger partial charge < -0.3 is 9.80 Å². The Labute approximate surface area is 436 Å². The number of fused-ring (bicyclic) bond motifs is 10. The Morgan fingerprint density at radius 1 is 0.293 bits per heavy atom. The summed E-state index contributed by atoms with van der Waals surface area (Å²) in [5.41, 5.74) is 19.3. The van der Waals surface area contributed by atoms with E-state index < -0.39 is 5.41 Å². The van der Waals surface area contributed by atoms with Crippen LogP contribution in [0.25, 0.3) is 56.7 Å². The molecule has 10 aromatic carbocycles. The van der Waals surface area contributed by atoms with Gasteiger partial charge in [-0.05, 0) is 187 Å². The average Bonchev–Trinajstić information content (AvgIpc) is 4.14. The Hall–Kier alpha value is -10.8. The Morgan fingerprint density at radius 2 is 0.560 bits per heavy atom. The highest BCUT2D eigenvalue weighted by Crippen LogP contribution is 2.64. The standard InChI is InChI=1S/C69H42N6/c70-43-49(44-71)37-47-21-33-61-62-34-22-48(38-50(45-72)46-73)40-66(62)69(65(61)39-47)67-41-53(51-23-29-59(30-24-51)74(55-13-5-1-6-14-55)56-15-7-2-8-16-56)27-35-63(67)64-36-28-54(42-68(64)69)52-25-31-60(32-26-52)75(57-17-9-3-10-18-57)58-19-11-4-12-20-58/h1-42H. The van der Waals surface area contributed by atoms with Gasteiger partial charge in [-0.25, -0.2) is 0 Å². The van der Waals surface area contributed by atoms with Crippen LogP contribution in [-0.2, 0) is 5.41 Å². The van der Waals surface area contributed by atoms with E-state index in [1.165, 1.54) is 0 Å². The van der Waals surface area contributed by atoms with Crippen molar-refractivity contribution in [3.8, 4) is 68.8 Å². The van der Waals surface area contributed by atoms with Crippen molar-refractivity contribution in [2.24, 2.45) is 0 Å². The van der Waals surface area contributed by atoms with Crippen LogP contribution in [0, 0.1) is 45.3 Å². The quantitative estimate of drug-likeness (QED) is 0.127. The molecular weight excluding hydrogens is 913 g/mol. The zero-order valence-corrected chi connectivity index (χ0v) is 40.4. The van der Waals surface area contributed by atoms with Gasteiger partial charge >= 0.3 is 0 Å². The van der Waals surface area contributed by atoms with Gasteiger partial charge in [-0.2, -0.15) is 21.0 Å². The van der Waals surface area contributed by atoms with Crippen molar-refractivity contribution in [3.05, 3.63) is 287 Å². The van der Waals surface area contributed by atoms with Gasteiger partial charge in [0.2, 0.25) is 0 Å². The van der Waals surface area contributed by atoms with E-state index in [1.54, 1.807) is 12.2 Å². The number of hydrogen-bond acceptors (Lipinski definition) is 6. The minimum atomic E-state index is -0.914. The summed E-state index contributed by atoms with van der Waals surface area (Å²) < 4.78 is 0. The smallest absolute Gasteiger partial charge is 0.130 e. The molecule has 0 atom stereocenters. The van der Waals surface area contributed by atoms with Gasteiger partial charge in [0.25, 0.3) is 0 Å². The number of nitrogens with zero attached hydrogens (tertiary/aromatic N) is 6. The first-order chi connectivity index (χ1) is 37.0. The predicted octanol–water partition coefficient (Wildman–Crippen LogP) is 17.2. The van der Waals surface area contributed by atoms with Crippen LogP contribution in [0.15, 0.2) is 254 Å². The molecule has 0 amide bonds. The molecule has 0 N–H and O–H groups in total. The molecule has 348 valence electrons. The van der Waals surface area contributed by atoms with Gasteiger partial charge in [-0.3, -0.25) is 0 Å². The zero-order chi connectivity index (χ0) is 50.9. The van der Waals surface area contributed by atoms with Crippen LogP contribution >= 0.6 is 0 Å². The number of allylic oxidation sites excluding steroid dienone is 2. The van der Waals surface area contributed by atoms with Gasteiger partial charge in [0.05, 0.1) is 5.41 Å². The van der Waals surface area contributed by atoms with E-state index in [-0.39, 0.29) is 11.1 Å². The molecule has 12 rings (SSSR count). The highest BCUT2D eigenvalue weighted by molar-refractivity contribution is 5.98. The lowest BCUT2D eigenvalue weighted by molar-refractivity contribution is 0.794. The molecule has 0 heterocycles. The van der Waals surface area contributed by atoms with Crippen molar-refractivity contribution in [2.45, 2.75) is 5.41 Å². The van der Waals surface area contributed by atoms with Crippen molar-refractivity contribution < 1.29 is 0 Å². The van der Waals surface area contributed by atoms with E-state index in [9.17, 15) is 21.0 Å². The van der Waals surface area contributed by atoms with Gasteiger partial charge in [-0.1, -0.05) is 146 Å². The van der Waals surface area contributed by atoms with Crippen molar-refractivity contribution in [1.29, 1.82) is 21.0 Å². The molecule has 0 bridgehead atoms. The maximum absolute atomic E-state index is 9.94. The zero-order valence-electron chi connectivity index (χ0n) is 40.4. The minimum Gasteiger partial charge on any atom is -0.311 e. The largest absolute Gasteiger partial charge is 0.311 e. The lowest BCUT2D eigenvalue weighted by Crippen LogP contribution is -2.26. The van der Waals surface area contributed by atoms with Gasteiger partial charge in [0.1, 0.15) is 35.4 Å². The Balaban J connectivity index is 1.06. The molecule has 0 radical (unpaired) electrons. The summed E-state index contributed by atoms with van der Waals surface area (Å²) in [5, 5.41) is 39.8. The summed E-state index contributed by atoms with van der Waals surface area (Å²) in [7, 11) is 0. The summed E-state index contributed by atoms with van der Waals surface area (Å²) in [4.78, 5) is 4.51. The molecule has 0 saturated carbocycles. The highest BCUT2D eigenvalue weighted by Gasteiger charge is 2.52. The summed E-state index contributed by atoms with van der Waals surface area (Å²) >= 11 is 0. The molecule has 2 aliphatic carbocycles. The SMILES string of the molecule is N#CC(C#N)=Cc1ccc2c(c1)C1(c3cc(C=C(C#N)C#N)ccc3-2)c2cc(-c3ccc(N(c4ccccc4)c4ccccc4)cc3)ccc2-c2ccc(-c3ccc(N(c4ccccc4)c4ccccc4)cc3)cc21. The van der Waals surface area contributed by atoms with Crippen LogP contribution in [0.4, 0.5) is 34.1 Å². The van der Waals surface area contributed by atoms with E-state index in [1.807, 2.05) is 36.4 Å². The van der Waals surface area contributed by atoms with Crippen molar-refractivity contribution in [2.75, 3.05) is 9.80 Å². The van der Waals surface area contributed by atoms with Crippen LogP contribution in [0.2, 0.25) is 0 Å². The maximum Gasteiger partial charge on any atom is 0.130 e. The summed E-state index contributed by atoms with van der Waals surface area (Å²) in [5.74, 6) is 0. The third kappa shape index (κ3) is 7.90. The van der Waals surface area contributed by atoms with Gasteiger partial charge in [0, 0.05) is 34.1 Å². The fraction of sp³-hybridized carbons (Fsp3) is 0.0145. The van der Waals surface area contributed by atoms with Crippen molar-refractivity contribution >= 4 is 46.3 Å². The topological polar surface area (TPSA) is 102 Å². The number of para-hydroxylation sites is 4. The molecular formula is C69H42N6. The molecule has 0 aromatic heterocycles. The summed E-state index contributed by atoms with van der Waals surface area (Å²) in [6.45, 7) is 0. The van der Waals surface area contributed by atoms with Crippen molar-refractivity contribution in [3.63, 3.8) is 0 Å². The average molecular weight is 955 g/mol. The lowest BCUT2D eigenvalue weighted by Gasteiger charge is -2.31. The number of nitriles is 4. The molecule has 1 spiro atoms. The third-order valence-electron chi connectivity index (χ3n) is 14.4. The second-order valence-corrected chi connectivity index (χ2v) is 18.6. The predicted molar refractivity (Wildman–Crippen MR) is 301 cm³/mol. The number of rotatable bonds is 10. The van der Waals surface area contributed by atoms with Crippen LogP contribution in [-0.4, -0.2) is 0 Å². The van der Waals surface area contributed by atoms with E-state index in [0.717, 1.165) is 112 Å². The van der Waals surface area contributed by atoms with Gasteiger partial charge in [-0.15, -0.1) is 0 Å². The van der Waals surface area contributed by atoms with Crippen LogP contribution in [0.1, 0.15) is 33.4 Å². The molecule has 0 aliphatic heterocycles. The normalized spacial score (nSPS) is 11.8. The first-order valence-electron chi connectivity index (χ1n) is 24.6. The maximum atomic E-state index is 9.94. The Bertz CT molecular complexity index is 3700. The first-order valence-corrected chi connectivity index (χ1v) is 24.6. The van der Waals surface area contributed by atoms with E-state index in [0.29, 0.717) is 0 Å². The second-order valence-electron chi connectivity index (χ2n) is 18.6. The molecule has 0 saturated heterocycles. The fourth-order valence-electron chi connectivity index (χ4n) is 11.1. The minimum absolute atomic E-state index is 0.00680. The Morgan fingerprint density at radius 3 is 0.867 bits per heavy atom. The summed E-state index contributed by atoms with van der Waals surface area (Å²) in [6, 6.07) is 93.0.